The molecule has 9 amide bonds. The Bertz CT molecular complexity index is 2690. The summed E-state index contributed by atoms with van der Waals surface area (Å²) in [4.78, 5) is 165. The Hall–Kier alpha value is -9.09. The molecule has 0 unspecified atom stereocenters. The molecule has 1 fully saturated rings. The van der Waals surface area contributed by atoms with Crippen LogP contribution in [0.25, 0.3) is 0 Å². The number of primary amides is 1. The van der Waals surface area contributed by atoms with Gasteiger partial charge in [0.25, 0.3) is 0 Å². The summed E-state index contributed by atoms with van der Waals surface area (Å²) < 4.78 is 0. The minimum Gasteiger partial charge on any atom is -0.508 e. The maximum absolute atomic E-state index is 14.6. The van der Waals surface area contributed by atoms with Gasteiger partial charge in [0.15, 0.2) is 5.96 Å². The molecular weight excluding hydrogens is 1100 g/mol. The first-order valence-electron chi connectivity index (χ1n) is 27.2. The Balaban J connectivity index is 1.98. The van der Waals surface area contributed by atoms with Gasteiger partial charge in [-0.2, -0.15) is 0 Å². The zero-order chi connectivity index (χ0) is 63.0. The standard InChI is InChI=1S/C54H79N13O17/c1-27(2)23-37(63-45(75)33(55)24-29-9-13-31(68)14-10-29)49(79)62-36(18-20-42(71)72)47(77)64-38(25-30-11-15-32(69)16-12-30)50(80)60-34(7-5-21-59-54(57)58)46(76)61-35(17-19-41(56)70)48(78)66-44(28(3)4)52(82)67-22-6-8-40(67)51(81)65-39(53(83)84)26-43(73)74/h9-16,27-28,33-40,44,68-69H,5-8,17-26,55H2,1-4H3,(H2,56,70)(H,60,80)(H,61,76)(H,62,79)(H,63,75)(H,64,77)(H,65,81)(H,66,78)(H,71,72)(H,73,74)(H,83,84)(H4,57,58,59)/t33-,34-,35-,36-,37-,38-,39-,40-,44-/m0/s1. The molecule has 84 heavy (non-hydrogen) atoms. The van der Waals surface area contributed by atoms with E-state index in [4.69, 9.17) is 22.9 Å². The maximum Gasteiger partial charge on any atom is 0.326 e. The number of amides is 9. The minimum atomic E-state index is -1.82. The number of carboxylic acids is 3. The third-order valence-electron chi connectivity index (χ3n) is 13.3. The third-order valence-corrected chi connectivity index (χ3v) is 13.3. The van der Waals surface area contributed by atoms with E-state index in [2.05, 4.69) is 42.2 Å². The number of carbonyl (C=O) groups excluding carboxylic acids is 9. The van der Waals surface area contributed by atoms with Crippen LogP contribution in [-0.4, -0.2) is 175 Å². The van der Waals surface area contributed by atoms with Gasteiger partial charge < -0.3 is 90.6 Å². The molecule has 20 N–H and O–H groups in total. The highest BCUT2D eigenvalue weighted by molar-refractivity contribution is 5.99. The quantitative estimate of drug-likeness (QED) is 0.0186. The summed E-state index contributed by atoms with van der Waals surface area (Å²) in [6.07, 6.45) is -3.29. The van der Waals surface area contributed by atoms with Crippen LogP contribution >= 0.6 is 0 Å². The molecule has 0 aliphatic carbocycles. The van der Waals surface area contributed by atoms with Gasteiger partial charge in [0.1, 0.15) is 59.8 Å². The van der Waals surface area contributed by atoms with Crippen molar-refractivity contribution in [1.29, 1.82) is 0 Å². The van der Waals surface area contributed by atoms with Crippen LogP contribution < -0.4 is 60.2 Å². The number of aliphatic imine (C=N–C) groups is 1. The monoisotopic (exact) mass is 1180 g/mol. The predicted octanol–water partition coefficient (Wildman–Crippen LogP) is -2.96. The number of carbonyl (C=O) groups is 12. The van der Waals surface area contributed by atoms with Gasteiger partial charge in [-0.05, 0) is 98.6 Å². The Morgan fingerprint density at radius 1 is 0.583 bits per heavy atom. The van der Waals surface area contributed by atoms with E-state index >= 15 is 0 Å². The fourth-order valence-electron chi connectivity index (χ4n) is 8.88. The number of rotatable bonds is 35. The number of nitrogens with one attached hydrogen (secondary N) is 7. The van der Waals surface area contributed by atoms with Crippen molar-refractivity contribution in [3.63, 3.8) is 0 Å². The maximum atomic E-state index is 14.6. The molecule has 30 nitrogen and oxygen atoms in total. The van der Waals surface area contributed by atoms with Gasteiger partial charge >= 0.3 is 17.9 Å². The fraction of sp³-hybridized carbons (Fsp3) is 0.537. The molecule has 1 saturated heterocycles. The van der Waals surface area contributed by atoms with Crippen molar-refractivity contribution in [3.8, 4) is 11.5 Å². The second-order valence-electron chi connectivity index (χ2n) is 21.1. The Morgan fingerprint density at radius 3 is 1.55 bits per heavy atom. The van der Waals surface area contributed by atoms with E-state index in [1.807, 2.05) is 0 Å². The van der Waals surface area contributed by atoms with Gasteiger partial charge in [-0.15, -0.1) is 0 Å². The summed E-state index contributed by atoms with van der Waals surface area (Å²) in [6, 6.07) is -2.13. The molecule has 1 aliphatic heterocycles. The molecule has 9 atom stereocenters. The van der Waals surface area contributed by atoms with Crippen molar-refractivity contribution in [2.75, 3.05) is 13.1 Å². The predicted molar refractivity (Wildman–Crippen MR) is 299 cm³/mol. The smallest absolute Gasteiger partial charge is 0.326 e. The molecule has 2 aromatic rings. The highest BCUT2D eigenvalue weighted by Crippen LogP contribution is 2.22. The average molecular weight is 1180 g/mol. The number of aromatic hydroxyl groups is 2. The molecule has 30 heteroatoms. The van der Waals surface area contributed by atoms with E-state index in [0.29, 0.717) is 11.1 Å². The fourth-order valence-corrected chi connectivity index (χ4v) is 8.88. The molecule has 2 aromatic carbocycles. The third kappa shape index (κ3) is 23.8. The zero-order valence-electron chi connectivity index (χ0n) is 47.2. The number of phenols is 2. The van der Waals surface area contributed by atoms with Crippen LogP contribution in [0.1, 0.15) is 103 Å². The van der Waals surface area contributed by atoms with Gasteiger partial charge in [-0.1, -0.05) is 52.0 Å². The van der Waals surface area contributed by atoms with Crippen molar-refractivity contribution < 1.29 is 83.1 Å². The highest BCUT2D eigenvalue weighted by atomic mass is 16.4. The van der Waals surface area contributed by atoms with Crippen molar-refractivity contribution in [2.24, 2.45) is 39.8 Å². The summed E-state index contributed by atoms with van der Waals surface area (Å²) in [6.45, 7) is 6.53. The van der Waals surface area contributed by atoms with Gasteiger partial charge in [0.2, 0.25) is 53.2 Å². The lowest BCUT2D eigenvalue weighted by atomic mass is 10.00. The Kier molecular flexibility index (Phi) is 27.8. The number of phenolic OH excluding ortho intramolecular Hbond substituents is 2. The number of nitrogens with zero attached hydrogens (tertiary/aromatic N) is 2. The number of likely N-dealkylation sites (tertiary alicyclic amines) is 1. The lowest BCUT2D eigenvalue weighted by Crippen LogP contribution is -2.61. The molecule has 0 spiro atoms. The first-order chi connectivity index (χ1) is 39.4. The van der Waals surface area contributed by atoms with Crippen molar-refractivity contribution in [2.45, 2.75) is 159 Å². The van der Waals surface area contributed by atoms with Crippen LogP contribution in [0.2, 0.25) is 0 Å². The molecule has 462 valence electrons. The normalized spacial score (nSPS) is 15.8. The van der Waals surface area contributed by atoms with E-state index in [0.717, 1.165) is 4.90 Å². The first-order valence-corrected chi connectivity index (χ1v) is 27.2. The number of aliphatic carboxylic acids is 3. The van der Waals surface area contributed by atoms with E-state index in [9.17, 15) is 83.1 Å². The van der Waals surface area contributed by atoms with Gasteiger partial charge in [0.05, 0.1) is 12.5 Å². The first kappa shape index (κ1) is 69.2. The summed E-state index contributed by atoms with van der Waals surface area (Å²) in [5.74, 6) is -14.3. The molecule has 0 aromatic heterocycles. The Labute approximate surface area is 484 Å². The number of guanidine groups is 1. The summed E-state index contributed by atoms with van der Waals surface area (Å²) >= 11 is 0. The second-order valence-corrected chi connectivity index (χ2v) is 21.1. The second kappa shape index (κ2) is 33.7. The topological polar surface area (TPSA) is 510 Å². The summed E-state index contributed by atoms with van der Waals surface area (Å²) in [5.41, 5.74) is 23.6. The number of nitrogens with two attached hydrogens (primary N) is 4. The van der Waals surface area contributed by atoms with Crippen LogP contribution in [0, 0.1) is 11.8 Å². The average Bonchev–Trinajstić information content (AvgIpc) is 4.12. The van der Waals surface area contributed by atoms with Crippen molar-refractivity contribution in [3.05, 3.63) is 59.7 Å². The molecular formula is C54H79N13O17. The van der Waals surface area contributed by atoms with Crippen LogP contribution in [-0.2, 0) is 70.4 Å². The van der Waals surface area contributed by atoms with Gasteiger partial charge in [-0.3, -0.25) is 57.7 Å². The van der Waals surface area contributed by atoms with E-state index in [-0.39, 0.29) is 81.4 Å². The number of hydrogen-bond acceptors (Lipinski definition) is 16. The largest absolute Gasteiger partial charge is 0.508 e. The minimum absolute atomic E-state index is 0.000511. The van der Waals surface area contributed by atoms with Gasteiger partial charge in [-0.25, -0.2) is 4.79 Å². The highest BCUT2D eigenvalue weighted by Gasteiger charge is 2.41. The lowest BCUT2D eigenvalue weighted by molar-refractivity contribution is -0.148. The van der Waals surface area contributed by atoms with Crippen LogP contribution in [0.15, 0.2) is 53.5 Å². The molecule has 1 heterocycles. The SMILES string of the molecule is CC(C)C[C@H](NC(=O)[C@@H](N)Cc1ccc(O)cc1)C(=O)N[C@@H](CCC(=O)O)C(=O)N[C@@H](Cc1ccc(O)cc1)C(=O)N[C@@H](CCCN=C(N)N)C(=O)N[C@@H](CCC(N)=O)C(=O)N[C@H](C(=O)N1CCC[C@H]1C(=O)N[C@@H](CC(=O)O)C(=O)O)C(C)C. The van der Waals surface area contributed by atoms with E-state index in [1.54, 1.807) is 39.8 Å². The van der Waals surface area contributed by atoms with Crippen LogP contribution in [0.3, 0.4) is 0 Å². The van der Waals surface area contributed by atoms with E-state index < -0.39 is 163 Å². The number of benzene rings is 2. The van der Waals surface area contributed by atoms with Crippen LogP contribution in [0.4, 0.5) is 0 Å². The Morgan fingerprint density at radius 2 is 1.06 bits per heavy atom. The van der Waals surface area contributed by atoms with Gasteiger partial charge in [0, 0.05) is 32.4 Å². The number of carboxylic acid groups (broad SMARTS) is 3. The lowest BCUT2D eigenvalue weighted by Gasteiger charge is -2.32. The molecule has 0 saturated carbocycles. The molecule has 1 aliphatic rings. The van der Waals surface area contributed by atoms with E-state index in [1.165, 1.54) is 36.4 Å². The summed E-state index contributed by atoms with van der Waals surface area (Å²) in [7, 11) is 0. The molecule has 0 bridgehead atoms. The number of hydrogen-bond donors (Lipinski definition) is 16. The van der Waals surface area contributed by atoms with Crippen molar-refractivity contribution in [1.82, 2.24) is 42.1 Å². The molecule has 3 rings (SSSR count). The summed E-state index contributed by atoms with van der Waals surface area (Å²) in [5, 5.41) is 65.5. The van der Waals surface area contributed by atoms with Crippen LogP contribution in [0.5, 0.6) is 11.5 Å². The molecule has 0 radical (unpaired) electrons. The van der Waals surface area contributed by atoms with Crippen molar-refractivity contribution >= 4 is 77.0 Å². The zero-order valence-corrected chi connectivity index (χ0v) is 47.2.